The van der Waals surface area contributed by atoms with Gasteiger partial charge in [0.1, 0.15) is 5.65 Å². The summed E-state index contributed by atoms with van der Waals surface area (Å²) < 4.78 is 2.03. The number of imidazole rings is 1. The van der Waals surface area contributed by atoms with Crippen molar-refractivity contribution in [2.75, 3.05) is 18.9 Å². The molecule has 5 rings (SSSR count). The number of nitrogens with one attached hydrogen (secondary N) is 1. The molecule has 1 aromatic carbocycles. The normalized spacial score (nSPS) is 14.0. The summed E-state index contributed by atoms with van der Waals surface area (Å²) in [6.45, 7) is 1.92. The Bertz CT molecular complexity index is 1160. The van der Waals surface area contributed by atoms with E-state index in [1.165, 1.54) is 4.88 Å². The van der Waals surface area contributed by atoms with Gasteiger partial charge in [0.2, 0.25) is 0 Å². The zero-order valence-corrected chi connectivity index (χ0v) is 18.2. The lowest BCUT2D eigenvalue weighted by Crippen LogP contribution is -2.25. The van der Waals surface area contributed by atoms with Crippen LogP contribution in [0.4, 0.5) is 5.13 Å². The van der Waals surface area contributed by atoms with Crippen molar-refractivity contribution in [3.05, 3.63) is 76.7 Å². The average molecular weight is 436 g/mol. The maximum absolute atomic E-state index is 12.6. The van der Waals surface area contributed by atoms with Crippen molar-refractivity contribution in [2.45, 2.75) is 23.6 Å². The van der Waals surface area contributed by atoms with Crippen molar-refractivity contribution in [2.24, 2.45) is 0 Å². The summed E-state index contributed by atoms with van der Waals surface area (Å²) >= 11 is 3.28. The van der Waals surface area contributed by atoms with E-state index in [1.807, 2.05) is 53.1 Å². The van der Waals surface area contributed by atoms with Crippen LogP contribution in [0.5, 0.6) is 0 Å². The Balaban J connectivity index is 1.20. The molecule has 4 heterocycles. The predicted octanol–water partition coefficient (Wildman–Crippen LogP) is 4.32. The third-order valence-corrected chi connectivity index (χ3v) is 7.10. The SMILES string of the molecule is CN1CCc2nc(NC(=O)c3ccc(SCc4cn5ccccc5n4)cc3)sc2C1. The maximum atomic E-state index is 12.6. The van der Waals surface area contributed by atoms with E-state index < -0.39 is 0 Å². The Morgan fingerprint density at radius 3 is 2.90 bits per heavy atom. The summed E-state index contributed by atoms with van der Waals surface area (Å²) in [5, 5.41) is 3.64. The number of hydrogen-bond acceptors (Lipinski definition) is 6. The number of hydrogen-bond donors (Lipinski definition) is 1. The summed E-state index contributed by atoms with van der Waals surface area (Å²) in [5.41, 5.74) is 3.74. The van der Waals surface area contributed by atoms with Gasteiger partial charge in [-0.05, 0) is 43.4 Å². The molecule has 0 aliphatic carbocycles. The summed E-state index contributed by atoms with van der Waals surface area (Å²) in [6.07, 6.45) is 4.99. The molecule has 0 spiro atoms. The molecule has 0 unspecified atom stereocenters. The number of nitrogens with zero attached hydrogens (tertiary/aromatic N) is 4. The molecule has 152 valence electrons. The molecule has 0 saturated carbocycles. The minimum absolute atomic E-state index is 0.119. The fourth-order valence-corrected chi connectivity index (χ4v) is 5.33. The van der Waals surface area contributed by atoms with Crippen LogP contribution in [0.3, 0.4) is 0 Å². The Kier molecular flexibility index (Phi) is 5.28. The second-order valence-electron chi connectivity index (χ2n) is 7.34. The first kappa shape index (κ1) is 19.3. The highest BCUT2D eigenvalue weighted by Crippen LogP contribution is 2.28. The molecule has 1 amide bonds. The molecule has 30 heavy (non-hydrogen) atoms. The summed E-state index contributed by atoms with van der Waals surface area (Å²) in [5.74, 6) is 0.665. The number of carbonyl (C=O) groups is 1. The van der Waals surface area contributed by atoms with Crippen LogP contribution in [-0.4, -0.2) is 38.8 Å². The highest BCUT2D eigenvalue weighted by Gasteiger charge is 2.19. The molecule has 0 saturated heterocycles. The number of likely N-dealkylation sites (N-methyl/N-ethyl adjacent to an activating group) is 1. The van der Waals surface area contributed by atoms with Crippen LogP contribution < -0.4 is 5.32 Å². The van der Waals surface area contributed by atoms with Crippen LogP contribution in [0.15, 0.2) is 59.8 Å². The third kappa shape index (κ3) is 4.12. The van der Waals surface area contributed by atoms with Crippen LogP contribution in [-0.2, 0) is 18.7 Å². The largest absolute Gasteiger partial charge is 0.307 e. The Morgan fingerprint density at radius 1 is 1.20 bits per heavy atom. The lowest BCUT2D eigenvalue weighted by molar-refractivity contribution is 0.102. The molecule has 0 radical (unpaired) electrons. The number of amides is 1. The molecular weight excluding hydrogens is 414 g/mol. The predicted molar refractivity (Wildman–Crippen MR) is 121 cm³/mol. The number of anilines is 1. The highest BCUT2D eigenvalue weighted by molar-refractivity contribution is 7.98. The second-order valence-corrected chi connectivity index (χ2v) is 9.47. The van der Waals surface area contributed by atoms with E-state index in [-0.39, 0.29) is 5.91 Å². The number of thioether (sulfide) groups is 1. The van der Waals surface area contributed by atoms with Gasteiger partial charge in [-0.15, -0.1) is 23.1 Å². The zero-order valence-electron chi connectivity index (χ0n) is 16.5. The molecule has 0 fully saturated rings. The average Bonchev–Trinajstić information content (AvgIpc) is 3.35. The number of carbonyl (C=O) groups excluding carboxylic acids is 1. The van der Waals surface area contributed by atoms with Crippen LogP contribution in [0.1, 0.15) is 26.6 Å². The quantitative estimate of drug-likeness (QED) is 0.473. The molecule has 3 aromatic heterocycles. The first-order chi connectivity index (χ1) is 14.6. The van der Waals surface area contributed by atoms with E-state index in [1.54, 1.807) is 23.1 Å². The standard InChI is InChI=1S/C22H21N5OS2/c1-26-11-9-18-19(13-26)30-22(24-18)25-21(28)15-5-7-17(8-6-15)29-14-16-12-27-10-3-2-4-20(27)23-16/h2-8,10,12H,9,11,13-14H2,1H3,(H,24,25,28). The summed E-state index contributed by atoms with van der Waals surface area (Å²) in [7, 11) is 2.11. The van der Waals surface area contributed by atoms with E-state index in [2.05, 4.69) is 33.4 Å². The molecule has 6 nitrogen and oxygen atoms in total. The number of fused-ring (bicyclic) bond motifs is 2. The Hall–Kier alpha value is -2.68. The molecule has 8 heteroatoms. The van der Waals surface area contributed by atoms with Crippen LogP contribution >= 0.6 is 23.1 Å². The minimum atomic E-state index is -0.119. The monoisotopic (exact) mass is 435 g/mol. The van der Waals surface area contributed by atoms with E-state index in [0.29, 0.717) is 10.7 Å². The molecule has 0 bridgehead atoms. The lowest BCUT2D eigenvalue weighted by atomic mass is 10.2. The number of aromatic nitrogens is 3. The number of pyridine rings is 1. The first-order valence-electron chi connectivity index (χ1n) is 9.78. The van der Waals surface area contributed by atoms with E-state index >= 15 is 0 Å². The minimum Gasteiger partial charge on any atom is -0.307 e. The van der Waals surface area contributed by atoms with Gasteiger partial charge in [-0.1, -0.05) is 6.07 Å². The lowest BCUT2D eigenvalue weighted by Gasteiger charge is -2.20. The smallest absolute Gasteiger partial charge is 0.257 e. The van der Waals surface area contributed by atoms with Gasteiger partial charge in [0.05, 0.1) is 11.4 Å². The van der Waals surface area contributed by atoms with Gasteiger partial charge in [0.15, 0.2) is 5.13 Å². The topological polar surface area (TPSA) is 62.5 Å². The molecular formula is C22H21N5OS2. The summed E-state index contributed by atoms with van der Waals surface area (Å²) in [6, 6.07) is 13.7. The number of benzene rings is 1. The Morgan fingerprint density at radius 2 is 2.07 bits per heavy atom. The summed E-state index contributed by atoms with van der Waals surface area (Å²) in [4.78, 5) is 26.5. The first-order valence-corrected chi connectivity index (χ1v) is 11.6. The van der Waals surface area contributed by atoms with Crippen molar-refractivity contribution in [1.29, 1.82) is 0 Å². The third-order valence-electron chi connectivity index (χ3n) is 5.06. The van der Waals surface area contributed by atoms with Gasteiger partial charge in [0, 0.05) is 53.0 Å². The fourth-order valence-electron chi connectivity index (χ4n) is 3.46. The fraction of sp³-hybridized carbons (Fsp3) is 0.227. The van der Waals surface area contributed by atoms with Crippen LogP contribution in [0.25, 0.3) is 5.65 Å². The van der Waals surface area contributed by atoms with Crippen molar-refractivity contribution >= 4 is 39.8 Å². The van der Waals surface area contributed by atoms with Crippen molar-refractivity contribution in [3.63, 3.8) is 0 Å². The number of thiazole rings is 1. The van der Waals surface area contributed by atoms with Crippen molar-refractivity contribution < 1.29 is 4.79 Å². The van der Waals surface area contributed by atoms with Crippen LogP contribution in [0.2, 0.25) is 0 Å². The van der Waals surface area contributed by atoms with Gasteiger partial charge < -0.3 is 9.30 Å². The molecule has 4 aromatic rings. The van der Waals surface area contributed by atoms with E-state index in [4.69, 9.17) is 0 Å². The molecule has 1 N–H and O–H groups in total. The second kappa shape index (κ2) is 8.22. The van der Waals surface area contributed by atoms with Crippen molar-refractivity contribution in [1.82, 2.24) is 19.3 Å². The van der Waals surface area contributed by atoms with Gasteiger partial charge in [-0.2, -0.15) is 0 Å². The van der Waals surface area contributed by atoms with E-state index in [9.17, 15) is 4.79 Å². The number of rotatable bonds is 5. The zero-order chi connectivity index (χ0) is 20.5. The molecule has 1 aliphatic rings. The molecule has 1 aliphatic heterocycles. The van der Waals surface area contributed by atoms with Gasteiger partial charge in [-0.25, -0.2) is 9.97 Å². The molecule has 0 atom stereocenters. The van der Waals surface area contributed by atoms with Gasteiger partial charge in [0.25, 0.3) is 5.91 Å². The van der Waals surface area contributed by atoms with E-state index in [0.717, 1.165) is 47.2 Å². The van der Waals surface area contributed by atoms with Crippen LogP contribution in [0, 0.1) is 0 Å². The van der Waals surface area contributed by atoms with Gasteiger partial charge in [-0.3, -0.25) is 10.1 Å². The maximum Gasteiger partial charge on any atom is 0.257 e. The van der Waals surface area contributed by atoms with Gasteiger partial charge >= 0.3 is 0 Å². The van der Waals surface area contributed by atoms with Crippen molar-refractivity contribution in [3.8, 4) is 0 Å². The Labute approximate surface area is 183 Å². The highest BCUT2D eigenvalue weighted by atomic mass is 32.2.